The van der Waals surface area contributed by atoms with Gasteiger partial charge in [0.05, 0.1) is 0 Å². The molecule has 0 radical (unpaired) electrons. The van der Waals surface area contributed by atoms with Gasteiger partial charge < -0.3 is 25.7 Å². The number of carbonyl (C=O) groups excluding carboxylic acids is 1. The standard InChI is InChI=1S/C23H36N4O5/c1-23(2,3)26-22(31)32-27(19(10-12-28)21(29)30)18-13-15(14-18)6-8-17-9-7-16-5-4-11-24-20(16)25-17/h7,9,15,18-19,28H,4-6,8,10-14H2,1-3H3,(H,24,25)(H,26,31)(H,29,30)/t15?,18?,19-/m0/s1. The molecule has 1 amide bonds. The summed E-state index contributed by atoms with van der Waals surface area (Å²) < 4.78 is 0. The first-order valence-corrected chi connectivity index (χ1v) is 11.5. The molecular formula is C23H36N4O5. The molecule has 1 saturated carbocycles. The zero-order valence-electron chi connectivity index (χ0n) is 19.3. The smallest absolute Gasteiger partial charge is 0.426 e. The van der Waals surface area contributed by atoms with Crippen LogP contribution in [0.25, 0.3) is 0 Å². The summed E-state index contributed by atoms with van der Waals surface area (Å²) in [5.74, 6) is 0.293. The number of aromatic nitrogens is 1. The zero-order chi connectivity index (χ0) is 23.3. The second-order valence-electron chi connectivity index (χ2n) is 9.85. The number of aliphatic hydroxyl groups is 1. The third kappa shape index (κ3) is 6.56. The van der Waals surface area contributed by atoms with Gasteiger partial charge in [-0.1, -0.05) is 6.07 Å². The van der Waals surface area contributed by atoms with E-state index in [2.05, 4.69) is 22.8 Å². The average Bonchev–Trinajstić information content (AvgIpc) is 2.68. The van der Waals surface area contributed by atoms with E-state index in [1.807, 2.05) is 20.8 Å². The lowest BCUT2D eigenvalue weighted by Crippen LogP contribution is -2.55. The van der Waals surface area contributed by atoms with Gasteiger partial charge in [0.25, 0.3) is 0 Å². The van der Waals surface area contributed by atoms with Crippen LogP contribution in [-0.2, 0) is 22.5 Å². The Morgan fingerprint density at radius 3 is 2.75 bits per heavy atom. The van der Waals surface area contributed by atoms with E-state index in [1.54, 1.807) is 0 Å². The number of fused-ring (bicyclic) bond motifs is 1. The highest BCUT2D eigenvalue weighted by Gasteiger charge is 2.42. The number of anilines is 1. The van der Waals surface area contributed by atoms with Crippen molar-refractivity contribution in [1.29, 1.82) is 0 Å². The predicted molar refractivity (Wildman–Crippen MR) is 120 cm³/mol. The molecule has 1 aliphatic heterocycles. The number of aryl methyl sites for hydroxylation is 2. The molecule has 2 aliphatic rings. The topological polar surface area (TPSA) is 124 Å². The molecule has 1 aromatic heterocycles. The Kier molecular flexibility index (Phi) is 7.95. The van der Waals surface area contributed by atoms with E-state index in [9.17, 15) is 19.8 Å². The van der Waals surface area contributed by atoms with Crippen molar-refractivity contribution in [2.24, 2.45) is 5.92 Å². The first-order valence-electron chi connectivity index (χ1n) is 11.5. The van der Waals surface area contributed by atoms with Crippen LogP contribution in [-0.4, -0.2) is 63.1 Å². The van der Waals surface area contributed by atoms with Gasteiger partial charge in [0, 0.05) is 30.4 Å². The van der Waals surface area contributed by atoms with Gasteiger partial charge in [-0.2, -0.15) is 0 Å². The van der Waals surface area contributed by atoms with E-state index in [0.29, 0.717) is 5.92 Å². The summed E-state index contributed by atoms with van der Waals surface area (Å²) in [6.45, 7) is 6.14. The molecule has 3 rings (SSSR count). The molecule has 4 N–H and O–H groups in total. The Morgan fingerprint density at radius 2 is 2.09 bits per heavy atom. The van der Waals surface area contributed by atoms with Gasteiger partial charge in [-0.15, -0.1) is 5.06 Å². The van der Waals surface area contributed by atoms with E-state index in [1.165, 1.54) is 10.6 Å². The quantitative estimate of drug-likeness (QED) is 0.425. The Hall–Kier alpha value is -2.39. The maximum atomic E-state index is 12.3. The van der Waals surface area contributed by atoms with Crippen LogP contribution in [0.2, 0.25) is 0 Å². The Bertz CT molecular complexity index is 804. The molecule has 0 aromatic carbocycles. The monoisotopic (exact) mass is 448 g/mol. The number of carboxylic acids is 1. The van der Waals surface area contributed by atoms with Gasteiger partial charge in [0.15, 0.2) is 0 Å². The summed E-state index contributed by atoms with van der Waals surface area (Å²) >= 11 is 0. The van der Waals surface area contributed by atoms with Gasteiger partial charge in [0.1, 0.15) is 11.9 Å². The number of amides is 1. The van der Waals surface area contributed by atoms with Crippen LogP contribution >= 0.6 is 0 Å². The van der Waals surface area contributed by atoms with Gasteiger partial charge >= 0.3 is 12.1 Å². The molecule has 0 spiro atoms. The minimum Gasteiger partial charge on any atom is -0.480 e. The highest BCUT2D eigenvalue weighted by Crippen LogP contribution is 2.37. The molecule has 1 atom stereocenters. The van der Waals surface area contributed by atoms with E-state index in [-0.39, 0.29) is 19.1 Å². The minimum atomic E-state index is -1.11. The Morgan fingerprint density at radius 1 is 1.34 bits per heavy atom. The van der Waals surface area contributed by atoms with Crippen molar-refractivity contribution in [2.45, 2.75) is 83.3 Å². The summed E-state index contributed by atoms with van der Waals surface area (Å²) in [7, 11) is 0. The first kappa shape index (κ1) is 24.3. The number of carbonyl (C=O) groups is 2. The summed E-state index contributed by atoms with van der Waals surface area (Å²) in [5, 5.41) is 26.3. The third-order valence-electron chi connectivity index (χ3n) is 5.99. The lowest BCUT2D eigenvalue weighted by molar-refractivity contribution is -0.203. The van der Waals surface area contributed by atoms with Crippen molar-refractivity contribution >= 4 is 17.9 Å². The second-order valence-corrected chi connectivity index (χ2v) is 9.85. The summed E-state index contributed by atoms with van der Waals surface area (Å²) in [6, 6.07) is 2.99. The van der Waals surface area contributed by atoms with Crippen LogP contribution in [0.4, 0.5) is 10.6 Å². The molecule has 32 heavy (non-hydrogen) atoms. The van der Waals surface area contributed by atoms with Crippen molar-refractivity contribution in [3.63, 3.8) is 0 Å². The largest absolute Gasteiger partial charge is 0.480 e. The number of nitrogens with zero attached hydrogens (tertiary/aromatic N) is 2. The van der Waals surface area contributed by atoms with Crippen LogP contribution in [0.1, 0.15) is 64.1 Å². The molecule has 0 saturated heterocycles. The molecule has 9 nitrogen and oxygen atoms in total. The predicted octanol–water partition coefficient (Wildman–Crippen LogP) is 2.73. The SMILES string of the molecule is CC(C)(C)NC(=O)ON(C1CC(CCc2ccc3c(n2)NCCC3)C1)[C@@H](CCO)C(=O)O. The number of pyridine rings is 1. The molecule has 0 unspecified atom stereocenters. The fourth-order valence-electron chi connectivity index (χ4n) is 4.30. The number of carboxylic acid groups (broad SMARTS) is 1. The molecule has 1 fully saturated rings. The van der Waals surface area contributed by atoms with Crippen molar-refractivity contribution in [1.82, 2.24) is 15.4 Å². The number of aliphatic carboxylic acids is 1. The van der Waals surface area contributed by atoms with Crippen LogP contribution in [0.5, 0.6) is 0 Å². The van der Waals surface area contributed by atoms with E-state index in [4.69, 9.17) is 9.82 Å². The minimum absolute atomic E-state index is 0.00859. The first-order chi connectivity index (χ1) is 15.2. The molecule has 1 aliphatic carbocycles. The van der Waals surface area contributed by atoms with Gasteiger partial charge in [-0.3, -0.25) is 4.79 Å². The van der Waals surface area contributed by atoms with Crippen LogP contribution < -0.4 is 10.6 Å². The molecule has 1 aromatic rings. The van der Waals surface area contributed by atoms with Crippen molar-refractivity contribution in [3.8, 4) is 0 Å². The second kappa shape index (κ2) is 10.5. The molecule has 0 bridgehead atoms. The number of hydroxylamine groups is 2. The van der Waals surface area contributed by atoms with E-state index >= 15 is 0 Å². The lowest BCUT2D eigenvalue weighted by atomic mass is 9.76. The summed E-state index contributed by atoms with van der Waals surface area (Å²) in [6.07, 6.45) is 4.79. The van der Waals surface area contributed by atoms with Gasteiger partial charge in [-0.25, -0.2) is 9.78 Å². The van der Waals surface area contributed by atoms with E-state index < -0.39 is 23.6 Å². The fraction of sp³-hybridized carbons (Fsp3) is 0.696. The lowest BCUT2D eigenvalue weighted by Gasteiger charge is -2.43. The summed E-state index contributed by atoms with van der Waals surface area (Å²) in [5.41, 5.74) is 1.83. The number of hydrogen-bond donors (Lipinski definition) is 4. The third-order valence-corrected chi connectivity index (χ3v) is 5.99. The highest BCUT2D eigenvalue weighted by atomic mass is 16.7. The zero-order valence-corrected chi connectivity index (χ0v) is 19.3. The van der Waals surface area contributed by atoms with Crippen LogP contribution in [0, 0.1) is 5.92 Å². The molecular weight excluding hydrogens is 412 g/mol. The Labute approximate surface area is 189 Å². The highest BCUT2D eigenvalue weighted by molar-refractivity contribution is 5.74. The van der Waals surface area contributed by atoms with Gasteiger partial charge in [0.2, 0.25) is 0 Å². The van der Waals surface area contributed by atoms with Crippen molar-refractivity contribution in [3.05, 3.63) is 23.4 Å². The normalized spacial score (nSPS) is 21.2. The maximum absolute atomic E-state index is 12.3. The average molecular weight is 449 g/mol. The maximum Gasteiger partial charge on any atom is 0.426 e. The van der Waals surface area contributed by atoms with Gasteiger partial charge in [-0.05, 0) is 83.3 Å². The van der Waals surface area contributed by atoms with E-state index in [0.717, 1.165) is 56.6 Å². The number of hydrogen-bond acceptors (Lipinski definition) is 7. The Balaban J connectivity index is 1.56. The molecule has 2 heterocycles. The number of nitrogens with one attached hydrogen (secondary N) is 2. The fourth-order valence-corrected chi connectivity index (χ4v) is 4.30. The number of aliphatic hydroxyl groups excluding tert-OH is 1. The van der Waals surface area contributed by atoms with Crippen molar-refractivity contribution in [2.75, 3.05) is 18.5 Å². The van der Waals surface area contributed by atoms with Crippen molar-refractivity contribution < 1.29 is 24.6 Å². The summed E-state index contributed by atoms with van der Waals surface area (Å²) in [4.78, 5) is 34.3. The van der Waals surface area contributed by atoms with Crippen LogP contribution in [0.15, 0.2) is 12.1 Å². The van der Waals surface area contributed by atoms with Crippen LogP contribution in [0.3, 0.4) is 0 Å². The number of rotatable bonds is 9. The molecule has 178 valence electrons. The molecule has 9 heteroatoms.